The highest BCUT2D eigenvalue weighted by Gasteiger charge is 2.35. The molecule has 1 saturated heterocycles. The number of likely N-dealkylation sites (tertiary alicyclic amines) is 1. The van der Waals surface area contributed by atoms with Crippen LogP contribution in [-0.2, 0) is 24.0 Å². The predicted molar refractivity (Wildman–Crippen MR) is 119 cm³/mol. The van der Waals surface area contributed by atoms with Gasteiger partial charge in [0.15, 0.2) is 18.0 Å². The highest BCUT2D eigenvalue weighted by atomic mass is 16.4. The van der Waals surface area contributed by atoms with E-state index in [4.69, 9.17) is 15.9 Å². The van der Waals surface area contributed by atoms with Gasteiger partial charge in [-0.25, -0.2) is 4.79 Å². The summed E-state index contributed by atoms with van der Waals surface area (Å²) >= 11 is 0. The molecule has 2 unspecified atom stereocenters. The molecule has 0 aromatic rings. The van der Waals surface area contributed by atoms with Gasteiger partial charge >= 0.3 is 11.9 Å². The molecule has 0 aromatic heterocycles. The molecule has 1 aliphatic rings. The standard InChI is InChI=1S/C21H36N4O9/c1-25-10-7-12(8-11-25)16(28)13(4-2-3-9-22)23-19(31)14(5-6-15(26)27)24-20(32)17(29)18(30)21(33)34/h12-14,17-18,29-30H,2-11,22H2,1H3,(H,23,31)(H,24,32)(H,26,27)(H,33,34)/t13-,14-,17?,18?/m0/s1. The van der Waals surface area contributed by atoms with Crippen LogP contribution in [0, 0.1) is 5.92 Å². The van der Waals surface area contributed by atoms with Crippen molar-refractivity contribution in [2.24, 2.45) is 11.7 Å². The van der Waals surface area contributed by atoms with Gasteiger partial charge in [-0.3, -0.25) is 19.2 Å². The number of rotatable bonds is 15. The molecular formula is C21H36N4O9. The number of carbonyl (C=O) groups excluding carboxylic acids is 3. The fourth-order valence-corrected chi connectivity index (χ4v) is 3.70. The molecule has 4 atom stereocenters. The third-order valence-corrected chi connectivity index (χ3v) is 5.83. The van der Waals surface area contributed by atoms with E-state index >= 15 is 0 Å². The van der Waals surface area contributed by atoms with E-state index in [0.29, 0.717) is 38.6 Å². The van der Waals surface area contributed by atoms with Crippen LogP contribution >= 0.6 is 0 Å². The number of aliphatic hydroxyl groups is 2. The number of aliphatic carboxylic acids is 2. The van der Waals surface area contributed by atoms with Crippen molar-refractivity contribution in [1.29, 1.82) is 0 Å². The predicted octanol–water partition coefficient (Wildman–Crippen LogP) is -2.33. The van der Waals surface area contributed by atoms with E-state index < -0.39 is 54.5 Å². The highest BCUT2D eigenvalue weighted by molar-refractivity contribution is 5.95. The molecule has 0 bridgehead atoms. The molecule has 8 N–H and O–H groups in total. The van der Waals surface area contributed by atoms with Gasteiger partial charge in [-0.2, -0.15) is 0 Å². The van der Waals surface area contributed by atoms with Gasteiger partial charge in [0.25, 0.3) is 5.91 Å². The van der Waals surface area contributed by atoms with Crippen molar-refractivity contribution in [1.82, 2.24) is 15.5 Å². The van der Waals surface area contributed by atoms with Crippen LogP contribution in [0.2, 0.25) is 0 Å². The molecule has 0 aromatic carbocycles. The number of carboxylic acids is 2. The molecule has 0 aliphatic carbocycles. The smallest absolute Gasteiger partial charge is 0.335 e. The van der Waals surface area contributed by atoms with E-state index in [1.54, 1.807) is 0 Å². The Balaban J connectivity index is 2.96. The number of hydrogen-bond acceptors (Lipinski definition) is 9. The lowest BCUT2D eigenvalue weighted by molar-refractivity contribution is -0.158. The minimum atomic E-state index is -2.43. The Kier molecular flexibility index (Phi) is 12.6. The van der Waals surface area contributed by atoms with Gasteiger partial charge in [-0.15, -0.1) is 0 Å². The van der Waals surface area contributed by atoms with E-state index in [-0.39, 0.29) is 18.1 Å². The summed E-state index contributed by atoms with van der Waals surface area (Å²) in [5.41, 5.74) is 5.53. The lowest BCUT2D eigenvalue weighted by Crippen LogP contribution is -2.56. The summed E-state index contributed by atoms with van der Waals surface area (Å²) in [6.07, 6.45) is -2.92. The van der Waals surface area contributed by atoms with E-state index in [1.165, 1.54) is 0 Å². The zero-order valence-corrected chi connectivity index (χ0v) is 19.3. The van der Waals surface area contributed by atoms with Crippen LogP contribution in [0.25, 0.3) is 0 Å². The lowest BCUT2D eigenvalue weighted by atomic mass is 9.87. The first-order valence-corrected chi connectivity index (χ1v) is 11.3. The average molecular weight is 489 g/mol. The Morgan fingerprint density at radius 2 is 1.50 bits per heavy atom. The molecule has 2 amide bonds. The highest BCUT2D eigenvalue weighted by Crippen LogP contribution is 2.20. The molecule has 1 aliphatic heterocycles. The van der Waals surface area contributed by atoms with Crippen molar-refractivity contribution >= 4 is 29.5 Å². The molecule has 13 nitrogen and oxygen atoms in total. The van der Waals surface area contributed by atoms with E-state index in [2.05, 4.69) is 15.5 Å². The number of nitrogens with one attached hydrogen (secondary N) is 2. The second-order valence-corrected chi connectivity index (χ2v) is 8.55. The summed E-state index contributed by atoms with van der Waals surface area (Å²) < 4.78 is 0. The molecule has 0 radical (unpaired) electrons. The fourth-order valence-electron chi connectivity index (χ4n) is 3.70. The number of nitrogens with zero attached hydrogens (tertiary/aromatic N) is 1. The van der Waals surface area contributed by atoms with Crippen molar-refractivity contribution in [3.8, 4) is 0 Å². The first-order valence-electron chi connectivity index (χ1n) is 11.3. The number of hydrogen-bond donors (Lipinski definition) is 7. The average Bonchev–Trinajstić information content (AvgIpc) is 2.79. The van der Waals surface area contributed by atoms with Gasteiger partial charge < -0.3 is 41.7 Å². The summed E-state index contributed by atoms with van der Waals surface area (Å²) in [4.78, 5) is 62.1. The summed E-state index contributed by atoms with van der Waals surface area (Å²) in [5.74, 6) is -5.70. The largest absolute Gasteiger partial charge is 0.481 e. The molecular weight excluding hydrogens is 452 g/mol. The van der Waals surface area contributed by atoms with Crippen LogP contribution in [0.3, 0.4) is 0 Å². The monoisotopic (exact) mass is 488 g/mol. The van der Waals surface area contributed by atoms with Crippen molar-refractivity contribution in [3.63, 3.8) is 0 Å². The van der Waals surface area contributed by atoms with Gasteiger partial charge in [0.2, 0.25) is 5.91 Å². The quantitative estimate of drug-likeness (QED) is 0.121. The first kappa shape index (κ1) is 29.4. The van der Waals surface area contributed by atoms with Gasteiger partial charge in [-0.1, -0.05) is 0 Å². The molecule has 34 heavy (non-hydrogen) atoms. The molecule has 1 fully saturated rings. The summed E-state index contributed by atoms with van der Waals surface area (Å²) in [6, 6.07) is -2.34. The Bertz CT molecular complexity index is 725. The number of piperidine rings is 1. The number of Topliss-reactive ketones (excluding diaryl/α,β-unsaturated/α-hetero) is 1. The summed E-state index contributed by atoms with van der Waals surface area (Å²) in [7, 11) is 1.95. The Morgan fingerprint density at radius 3 is 2.03 bits per heavy atom. The maximum Gasteiger partial charge on any atom is 0.335 e. The van der Waals surface area contributed by atoms with E-state index in [1.807, 2.05) is 7.05 Å². The molecule has 13 heteroatoms. The number of aliphatic hydroxyl groups excluding tert-OH is 2. The van der Waals surface area contributed by atoms with Crippen molar-refractivity contribution in [2.45, 2.75) is 69.2 Å². The van der Waals surface area contributed by atoms with Crippen LogP contribution in [0.15, 0.2) is 0 Å². The van der Waals surface area contributed by atoms with Gasteiger partial charge in [0, 0.05) is 12.3 Å². The number of ketones is 1. The van der Waals surface area contributed by atoms with E-state index in [9.17, 15) is 34.2 Å². The third kappa shape index (κ3) is 9.71. The van der Waals surface area contributed by atoms with Crippen LogP contribution < -0.4 is 16.4 Å². The second kappa shape index (κ2) is 14.6. The van der Waals surface area contributed by atoms with Gasteiger partial charge in [0.1, 0.15) is 6.04 Å². The zero-order valence-electron chi connectivity index (χ0n) is 19.3. The molecule has 1 rings (SSSR count). The zero-order chi connectivity index (χ0) is 25.8. The van der Waals surface area contributed by atoms with Crippen LogP contribution in [0.4, 0.5) is 0 Å². The second-order valence-electron chi connectivity index (χ2n) is 8.55. The Labute approximate surface area is 197 Å². The van der Waals surface area contributed by atoms with Crippen molar-refractivity contribution < 1.29 is 44.4 Å². The Hall–Kier alpha value is -2.61. The molecule has 0 saturated carbocycles. The maximum atomic E-state index is 13.1. The number of amides is 2. The van der Waals surface area contributed by atoms with E-state index in [0.717, 1.165) is 13.1 Å². The molecule has 0 spiro atoms. The van der Waals surface area contributed by atoms with Gasteiger partial charge in [-0.05, 0) is 65.2 Å². The van der Waals surface area contributed by atoms with Crippen molar-refractivity contribution in [2.75, 3.05) is 26.7 Å². The van der Waals surface area contributed by atoms with Gasteiger partial charge in [0.05, 0.1) is 6.04 Å². The number of carboxylic acid groups (broad SMARTS) is 2. The number of unbranched alkanes of at least 4 members (excludes halogenated alkanes) is 1. The third-order valence-electron chi connectivity index (χ3n) is 5.83. The Morgan fingerprint density at radius 1 is 0.912 bits per heavy atom. The maximum absolute atomic E-state index is 13.1. The minimum Gasteiger partial charge on any atom is -0.481 e. The molecule has 194 valence electrons. The number of nitrogens with two attached hydrogens (primary N) is 1. The normalized spacial score (nSPS) is 18.4. The lowest BCUT2D eigenvalue weighted by Gasteiger charge is -2.31. The number of carbonyl (C=O) groups is 5. The topological polar surface area (TPSA) is 220 Å². The molecule has 1 heterocycles. The summed E-state index contributed by atoms with van der Waals surface area (Å²) in [6.45, 7) is 1.88. The SMILES string of the molecule is CN1CCC(C(=O)[C@H](CCCCN)NC(=O)[C@H](CCC(=O)O)NC(=O)C(O)C(O)C(=O)O)CC1. The van der Waals surface area contributed by atoms with Crippen LogP contribution in [-0.4, -0.2) is 106 Å². The van der Waals surface area contributed by atoms with Crippen LogP contribution in [0.1, 0.15) is 44.9 Å². The van der Waals surface area contributed by atoms with Crippen molar-refractivity contribution in [3.05, 3.63) is 0 Å². The summed E-state index contributed by atoms with van der Waals surface area (Å²) in [5, 5.41) is 41.5. The fraction of sp³-hybridized carbons (Fsp3) is 0.762. The first-order chi connectivity index (χ1) is 16.0. The van der Waals surface area contributed by atoms with Crippen LogP contribution in [0.5, 0.6) is 0 Å². The minimum absolute atomic E-state index is 0.150.